The molecule has 0 aliphatic heterocycles. The first-order valence-electron chi connectivity index (χ1n) is 11.0. The molecule has 0 saturated heterocycles. The van der Waals surface area contributed by atoms with Crippen molar-refractivity contribution in [1.82, 2.24) is 16.2 Å². The van der Waals surface area contributed by atoms with Gasteiger partial charge in [0, 0.05) is 5.56 Å². The van der Waals surface area contributed by atoms with Crippen LogP contribution >= 0.6 is 12.2 Å². The molecule has 0 fully saturated rings. The molecule has 0 aromatic heterocycles. The summed E-state index contributed by atoms with van der Waals surface area (Å²) >= 11 is 5.10. The first-order valence-corrected chi connectivity index (χ1v) is 11.4. The number of amides is 2. The predicted octanol–water partition coefficient (Wildman–Crippen LogP) is 4.55. The van der Waals surface area contributed by atoms with Gasteiger partial charge in [-0.1, -0.05) is 57.4 Å². The minimum Gasteiger partial charge on any atom is -0.494 e. The van der Waals surface area contributed by atoms with Crippen LogP contribution in [0, 0.1) is 0 Å². The highest BCUT2D eigenvalue weighted by molar-refractivity contribution is 7.80. The van der Waals surface area contributed by atoms with Gasteiger partial charge in [0.05, 0.1) is 12.2 Å². The lowest BCUT2D eigenvalue weighted by molar-refractivity contribution is 0.0931. The first-order chi connectivity index (χ1) is 16.0. The minimum absolute atomic E-state index is 0.0368. The average Bonchev–Trinajstić information content (AvgIpc) is 2.84. The molecule has 7 nitrogen and oxygen atoms in total. The molecule has 0 spiro atoms. The van der Waals surface area contributed by atoms with Gasteiger partial charge in [-0.15, -0.1) is 0 Å². The summed E-state index contributed by atoms with van der Waals surface area (Å²) in [7, 11) is 0. The molecule has 2 aromatic rings. The molecule has 0 heterocycles. The van der Waals surface area contributed by atoms with Gasteiger partial charge >= 0.3 is 0 Å². The van der Waals surface area contributed by atoms with E-state index in [-0.39, 0.29) is 11.7 Å². The van der Waals surface area contributed by atoms with Gasteiger partial charge < -0.3 is 9.47 Å². The van der Waals surface area contributed by atoms with E-state index >= 15 is 0 Å². The van der Waals surface area contributed by atoms with Crippen LogP contribution in [-0.2, 0) is 0 Å². The Morgan fingerprint density at radius 1 is 0.939 bits per heavy atom. The van der Waals surface area contributed by atoms with Gasteiger partial charge in [-0.3, -0.25) is 25.8 Å². The van der Waals surface area contributed by atoms with Crippen molar-refractivity contribution in [2.24, 2.45) is 0 Å². The van der Waals surface area contributed by atoms with E-state index in [9.17, 15) is 9.59 Å². The first kappa shape index (κ1) is 25.9. The van der Waals surface area contributed by atoms with Crippen LogP contribution in [0.15, 0.2) is 61.2 Å². The van der Waals surface area contributed by atoms with E-state index in [1.807, 2.05) is 0 Å². The monoisotopic (exact) mass is 469 g/mol. The number of thiocarbonyl (C=S) groups is 1. The minimum atomic E-state index is -0.456. The highest BCUT2D eigenvalue weighted by atomic mass is 32.1. The number of hydrazine groups is 1. The summed E-state index contributed by atoms with van der Waals surface area (Å²) in [5.41, 5.74) is 5.72. The number of unbranched alkanes of at least 4 members (excludes halogenated alkanes) is 4. The van der Waals surface area contributed by atoms with Gasteiger partial charge in [0.1, 0.15) is 18.1 Å². The van der Waals surface area contributed by atoms with Crippen molar-refractivity contribution in [2.45, 2.75) is 39.0 Å². The second-order valence-corrected chi connectivity index (χ2v) is 7.65. The van der Waals surface area contributed by atoms with Crippen molar-refractivity contribution < 1.29 is 19.1 Å². The zero-order valence-electron chi connectivity index (χ0n) is 18.9. The lowest BCUT2D eigenvalue weighted by atomic mass is 10.2. The second-order valence-electron chi connectivity index (χ2n) is 7.25. The summed E-state index contributed by atoms with van der Waals surface area (Å²) in [6, 6.07) is 13.6. The van der Waals surface area contributed by atoms with E-state index in [1.54, 1.807) is 54.6 Å². The molecule has 176 valence electrons. The van der Waals surface area contributed by atoms with Crippen molar-refractivity contribution in [2.75, 3.05) is 13.2 Å². The van der Waals surface area contributed by atoms with Crippen LogP contribution in [0.4, 0.5) is 0 Å². The van der Waals surface area contributed by atoms with E-state index in [1.165, 1.54) is 19.3 Å². The SMILES string of the molecule is C=CCOc1ccccc1C(=O)NNC(=S)NC(=O)c1ccc(OCCCCCCC)cc1. The van der Waals surface area contributed by atoms with Crippen LogP contribution in [0.3, 0.4) is 0 Å². The molecule has 0 aliphatic rings. The molecule has 8 heteroatoms. The number of nitrogens with one attached hydrogen (secondary N) is 3. The molecule has 3 N–H and O–H groups in total. The van der Waals surface area contributed by atoms with E-state index in [0.29, 0.717) is 29.2 Å². The van der Waals surface area contributed by atoms with Gasteiger partial charge in [-0.25, -0.2) is 0 Å². The molecule has 33 heavy (non-hydrogen) atoms. The Bertz CT molecular complexity index is 932. The lowest BCUT2D eigenvalue weighted by Crippen LogP contribution is -2.48. The largest absolute Gasteiger partial charge is 0.494 e. The molecule has 2 amide bonds. The molecule has 0 radical (unpaired) electrons. The molecular formula is C25H31N3O4S. The molecule has 0 saturated carbocycles. The molecular weight excluding hydrogens is 438 g/mol. The van der Waals surface area contributed by atoms with Crippen molar-refractivity contribution in [3.05, 3.63) is 72.3 Å². The number of para-hydroxylation sites is 1. The number of ether oxygens (including phenoxy) is 2. The van der Waals surface area contributed by atoms with Crippen LogP contribution in [-0.4, -0.2) is 30.1 Å². The molecule has 0 atom stereocenters. The van der Waals surface area contributed by atoms with Crippen LogP contribution in [0.25, 0.3) is 0 Å². The quantitative estimate of drug-likeness (QED) is 0.183. The van der Waals surface area contributed by atoms with Crippen molar-refractivity contribution in [1.29, 1.82) is 0 Å². The fraction of sp³-hybridized carbons (Fsp3) is 0.320. The summed E-state index contributed by atoms with van der Waals surface area (Å²) in [6.45, 7) is 6.71. The lowest BCUT2D eigenvalue weighted by Gasteiger charge is -2.13. The molecule has 2 aromatic carbocycles. The van der Waals surface area contributed by atoms with Gasteiger partial charge in [0.15, 0.2) is 5.11 Å². The van der Waals surface area contributed by atoms with Gasteiger partial charge in [0.25, 0.3) is 11.8 Å². The van der Waals surface area contributed by atoms with Gasteiger partial charge in [-0.05, 0) is 55.0 Å². The summed E-state index contributed by atoms with van der Waals surface area (Å²) < 4.78 is 11.2. The maximum Gasteiger partial charge on any atom is 0.273 e. The van der Waals surface area contributed by atoms with E-state index in [4.69, 9.17) is 21.7 Å². The smallest absolute Gasteiger partial charge is 0.273 e. The summed E-state index contributed by atoms with van der Waals surface area (Å²) in [4.78, 5) is 24.8. The summed E-state index contributed by atoms with van der Waals surface area (Å²) in [6.07, 6.45) is 7.45. The summed E-state index contributed by atoms with van der Waals surface area (Å²) in [5.74, 6) is 0.271. The molecule has 0 bridgehead atoms. The third kappa shape index (κ3) is 9.33. The van der Waals surface area contributed by atoms with Crippen LogP contribution in [0.1, 0.15) is 59.7 Å². The van der Waals surface area contributed by atoms with Crippen molar-refractivity contribution >= 4 is 29.1 Å². The molecule has 0 aliphatic carbocycles. The average molecular weight is 470 g/mol. The highest BCUT2D eigenvalue weighted by Crippen LogP contribution is 2.17. The number of rotatable bonds is 12. The Labute approximate surface area is 200 Å². The highest BCUT2D eigenvalue weighted by Gasteiger charge is 2.13. The number of carbonyl (C=O) groups excluding carboxylic acids is 2. The Balaban J connectivity index is 1.77. The Morgan fingerprint density at radius 2 is 1.67 bits per heavy atom. The molecule has 2 rings (SSSR count). The van der Waals surface area contributed by atoms with Crippen molar-refractivity contribution in [3.63, 3.8) is 0 Å². The summed E-state index contributed by atoms with van der Waals surface area (Å²) in [5, 5.41) is 2.49. The van der Waals surface area contributed by atoms with Gasteiger partial charge in [0.2, 0.25) is 0 Å². The van der Waals surface area contributed by atoms with Crippen LogP contribution < -0.4 is 25.6 Å². The Kier molecular flexibility index (Phi) is 11.5. The topological polar surface area (TPSA) is 88.7 Å². The maximum absolute atomic E-state index is 12.4. The van der Waals surface area contributed by atoms with E-state index < -0.39 is 11.8 Å². The normalized spacial score (nSPS) is 10.1. The maximum atomic E-state index is 12.4. The van der Waals surface area contributed by atoms with E-state index in [2.05, 4.69) is 29.7 Å². The zero-order valence-corrected chi connectivity index (χ0v) is 19.7. The standard InChI is InChI=1S/C25H31N3O4S/c1-3-5-6-7-10-18-31-20-15-13-19(14-16-20)23(29)26-25(33)28-27-24(30)21-11-8-9-12-22(21)32-17-4-2/h4,8-9,11-16H,2-3,5-7,10,17-18H2,1H3,(H,27,30)(H2,26,28,29,33). The second kappa shape index (κ2) is 14.6. The number of benzene rings is 2. The fourth-order valence-electron chi connectivity index (χ4n) is 2.91. The van der Waals surface area contributed by atoms with Gasteiger partial charge in [-0.2, -0.15) is 0 Å². The third-order valence-corrected chi connectivity index (χ3v) is 4.84. The number of hydrogen-bond acceptors (Lipinski definition) is 5. The van der Waals surface area contributed by atoms with Crippen molar-refractivity contribution in [3.8, 4) is 11.5 Å². The zero-order chi connectivity index (χ0) is 23.9. The van der Waals surface area contributed by atoms with E-state index in [0.717, 1.165) is 12.8 Å². The fourth-order valence-corrected chi connectivity index (χ4v) is 3.06. The number of carbonyl (C=O) groups is 2. The predicted molar refractivity (Wildman–Crippen MR) is 133 cm³/mol. The Morgan fingerprint density at radius 3 is 2.39 bits per heavy atom. The molecule has 0 unspecified atom stereocenters. The number of hydrogen-bond donors (Lipinski definition) is 3. The Hall–Kier alpha value is -3.39. The van der Waals surface area contributed by atoms with Crippen LogP contribution in [0.2, 0.25) is 0 Å². The van der Waals surface area contributed by atoms with Crippen LogP contribution in [0.5, 0.6) is 11.5 Å². The third-order valence-electron chi connectivity index (χ3n) is 4.64.